The minimum atomic E-state index is -0.491. The zero-order valence-electron chi connectivity index (χ0n) is 12.2. The Hall–Kier alpha value is -2.49. The van der Waals surface area contributed by atoms with Crippen LogP contribution in [0.2, 0.25) is 0 Å². The Kier molecular flexibility index (Phi) is 4.00. The molecule has 3 rings (SSSR count). The number of nitrogens with zero attached hydrogens (tertiary/aromatic N) is 4. The molecule has 114 valence electrons. The molecule has 6 nitrogen and oxygen atoms in total. The van der Waals surface area contributed by atoms with Crippen LogP contribution in [0.1, 0.15) is 36.6 Å². The minimum Gasteiger partial charge on any atom is -0.426 e. The third-order valence-corrected chi connectivity index (χ3v) is 3.88. The van der Waals surface area contributed by atoms with Crippen LogP contribution in [0.4, 0.5) is 10.2 Å². The molecule has 0 unspecified atom stereocenters. The van der Waals surface area contributed by atoms with Crippen LogP contribution in [0.15, 0.2) is 16.7 Å². The van der Waals surface area contributed by atoms with Gasteiger partial charge in [0.1, 0.15) is 6.07 Å². The molecule has 2 aromatic rings. The van der Waals surface area contributed by atoms with Crippen molar-refractivity contribution in [1.29, 1.82) is 5.26 Å². The van der Waals surface area contributed by atoms with Crippen LogP contribution in [0, 0.1) is 30.0 Å². The molecule has 0 aliphatic heterocycles. The van der Waals surface area contributed by atoms with Crippen molar-refractivity contribution < 1.29 is 8.81 Å². The van der Waals surface area contributed by atoms with Gasteiger partial charge >= 0.3 is 0 Å². The second-order valence-electron chi connectivity index (χ2n) is 5.61. The molecule has 0 saturated heterocycles. The zero-order chi connectivity index (χ0) is 15.5. The van der Waals surface area contributed by atoms with Crippen molar-refractivity contribution >= 4 is 5.82 Å². The Balaban J connectivity index is 1.58. The first-order chi connectivity index (χ1) is 10.6. The van der Waals surface area contributed by atoms with Gasteiger partial charge in [0.15, 0.2) is 11.6 Å². The van der Waals surface area contributed by atoms with Gasteiger partial charge in [-0.15, -0.1) is 10.2 Å². The highest BCUT2D eigenvalue weighted by Gasteiger charge is 2.27. The molecule has 1 saturated carbocycles. The van der Waals surface area contributed by atoms with Gasteiger partial charge in [0.2, 0.25) is 11.8 Å². The highest BCUT2D eigenvalue weighted by Crippen LogP contribution is 2.30. The zero-order valence-corrected chi connectivity index (χ0v) is 12.2. The van der Waals surface area contributed by atoms with Crippen molar-refractivity contribution in [2.75, 3.05) is 5.32 Å². The summed E-state index contributed by atoms with van der Waals surface area (Å²) < 4.78 is 19.2. The van der Waals surface area contributed by atoms with Gasteiger partial charge in [-0.05, 0) is 31.2 Å². The lowest BCUT2D eigenvalue weighted by Gasteiger charge is -2.14. The van der Waals surface area contributed by atoms with E-state index in [9.17, 15) is 4.39 Å². The topological polar surface area (TPSA) is 87.6 Å². The summed E-state index contributed by atoms with van der Waals surface area (Å²) in [5, 5.41) is 19.7. The van der Waals surface area contributed by atoms with Gasteiger partial charge in [0.05, 0.1) is 5.56 Å². The van der Waals surface area contributed by atoms with Gasteiger partial charge in [-0.25, -0.2) is 9.37 Å². The number of hydrogen-bond donors (Lipinski definition) is 1. The Morgan fingerprint density at radius 2 is 2.32 bits per heavy atom. The van der Waals surface area contributed by atoms with E-state index in [2.05, 4.69) is 20.5 Å². The smallest absolute Gasteiger partial charge is 0.216 e. The van der Waals surface area contributed by atoms with Crippen LogP contribution in [-0.2, 0) is 6.42 Å². The summed E-state index contributed by atoms with van der Waals surface area (Å²) in [5.41, 5.74) is 0.221. The first-order valence-electron chi connectivity index (χ1n) is 7.25. The summed E-state index contributed by atoms with van der Waals surface area (Å²) in [4.78, 5) is 3.98. The van der Waals surface area contributed by atoms with Crippen LogP contribution in [0.25, 0.3) is 0 Å². The molecule has 1 aliphatic carbocycles. The highest BCUT2D eigenvalue weighted by molar-refractivity contribution is 5.41. The molecule has 1 N–H and O–H groups in total. The van der Waals surface area contributed by atoms with Crippen LogP contribution in [0.5, 0.6) is 0 Å². The highest BCUT2D eigenvalue weighted by atomic mass is 19.1. The predicted octanol–water partition coefficient (Wildman–Crippen LogP) is 2.61. The van der Waals surface area contributed by atoms with Gasteiger partial charge in [-0.3, -0.25) is 0 Å². The van der Waals surface area contributed by atoms with E-state index in [-0.39, 0.29) is 17.4 Å². The van der Waals surface area contributed by atoms with Gasteiger partial charge in [-0.2, -0.15) is 5.26 Å². The maximum Gasteiger partial charge on any atom is 0.216 e. The quantitative estimate of drug-likeness (QED) is 0.934. The largest absolute Gasteiger partial charge is 0.426 e. The molecule has 1 fully saturated rings. The molecule has 0 aromatic carbocycles. The summed E-state index contributed by atoms with van der Waals surface area (Å²) in [6.45, 7) is 1.77. The van der Waals surface area contributed by atoms with Crippen molar-refractivity contribution in [2.45, 2.75) is 38.6 Å². The third kappa shape index (κ3) is 3.22. The average molecular weight is 301 g/mol. The summed E-state index contributed by atoms with van der Waals surface area (Å²) in [6.07, 6.45) is 5.00. The molecule has 2 heterocycles. The van der Waals surface area contributed by atoms with Gasteiger partial charge in [0.25, 0.3) is 0 Å². The molecule has 22 heavy (non-hydrogen) atoms. The Morgan fingerprint density at radius 3 is 3.00 bits per heavy atom. The molecular weight excluding hydrogens is 285 g/mol. The Labute approximate surface area is 127 Å². The van der Waals surface area contributed by atoms with Gasteiger partial charge in [-0.1, -0.05) is 0 Å². The van der Waals surface area contributed by atoms with Crippen LogP contribution < -0.4 is 5.32 Å². The first-order valence-corrected chi connectivity index (χ1v) is 7.25. The fraction of sp³-hybridized carbons (Fsp3) is 0.467. The van der Waals surface area contributed by atoms with E-state index in [1.165, 1.54) is 12.3 Å². The molecule has 2 aromatic heterocycles. The SMILES string of the molecule is Cc1nnc(C[C@@H]2CC[C@H](Nc3ncc(C#N)cc3F)C2)o1. The van der Waals surface area contributed by atoms with Gasteiger partial charge in [0, 0.05) is 25.6 Å². The van der Waals surface area contributed by atoms with Crippen molar-refractivity contribution in [3.63, 3.8) is 0 Å². The lowest BCUT2D eigenvalue weighted by molar-refractivity contribution is 0.416. The van der Waals surface area contributed by atoms with Gasteiger partial charge < -0.3 is 9.73 Å². The third-order valence-electron chi connectivity index (χ3n) is 3.88. The van der Waals surface area contributed by atoms with Crippen molar-refractivity contribution in [3.05, 3.63) is 35.4 Å². The Bertz CT molecular complexity index is 708. The van der Waals surface area contributed by atoms with E-state index in [1.807, 2.05) is 6.07 Å². The molecule has 7 heteroatoms. The van der Waals surface area contributed by atoms with Crippen LogP contribution in [-0.4, -0.2) is 21.2 Å². The van der Waals surface area contributed by atoms with E-state index in [0.717, 1.165) is 25.7 Å². The number of aryl methyl sites for hydroxylation is 1. The average Bonchev–Trinajstić information content (AvgIpc) is 3.11. The maximum absolute atomic E-state index is 13.8. The summed E-state index contributed by atoms with van der Waals surface area (Å²) in [7, 11) is 0. The lowest BCUT2D eigenvalue weighted by Crippen LogP contribution is -2.18. The predicted molar refractivity (Wildman–Crippen MR) is 76.4 cm³/mol. The Morgan fingerprint density at radius 1 is 1.45 bits per heavy atom. The molecule has 0 spiro atoms. The van der Waals surface area contributed by atoms with E-state index < -0.39 is 5.82 Å². The van der Waals surface area contributed by atoms with Crippen LogP contribution in [0.3, 0.4) is 0 Å². The standard InChI is InChI=1S/C15H16FN5O/c1-9-20-21-14(22-9)6-10-2-3-12(4-10)19-15-13(16)5-11(7-17)8-18-15/h5,8,10,12H,2-4,6H2,1H3,(H,18,19)/t10-,12+/m1/s1. The van der Waals surface area contributed by atoms with Crippen molar-refractivity contribution in [1.82, 2.24) is 15.2 Å². The number of nitriles is 1. The number of aromatic nitrogens is 3. The monoisotopic (exact) mass is 301 g/mol. The lowest BCUT2D eigenvalue weighted by atomic mass is 10.0. The molecule has 0 amide bonds. The van der Waals surface area contributed by atoms with Crippen molar-refractivity contribution in [3.8, 4) is 6.07 Å². The molecule has 1 aliphatic rings. The second kappa shape index (κ2) is 6.10. The van der Waals surface area contributed by atoms with E-state index in [4.69, 9.17) is 9.68 Å². The summed E-state index contributed by atoms with van der Waals surface area (Å²) >= 11 is 0. The minimum absolute atomic E-state index is 0.170. The second-order valence-corrected chi connectivity index (χ2v) is 5.61. The number of pyridine rings is 1. The number of hydrogen-bond acceptors (Lipinski definition) is 6. The fourth-order valence-electron chi connectivity index (χ4n) is 2.86. The summed E-state index contributed by atoms with van der Waals surface area (Å²) in [5.74, 6) is 1.39. The first kappa shape index (κ1) is 14.4. The molecule has 0 radical (unpaired) electrons. The molecule has 2 atom stereocenters. The molecule has 0 bridgehead atoms. The van der Waals surface area contributed by atoms with E-state index >= 15 is 0 Å². The summed E-state index contributed by atoms with van der Waals surface area (Å²) in [6, 6.07) is 3.24. The molecular formula is C15H16FN5O. The van der Waals surface area contributed by atoms with Crippen LogP contribution >= 0.6 is 0 Å². The number of anilines is 1. The number of nitrogens with one attached hydrogen (secondary N) is 1. The number of halogens is 1. The van der Waals surface area contributed by atoms with E-state index in [0.29, 0.717) is 17.7 Å². The van der Waals surface area contributed by atoms with E-state index in [1.54, 1.807) is 6.92 Å². The normalized spacial score (nSPS) is 20.8. The fourth-order valence-corrected chi connectivity index (χ4v) is 2.86. The number of rotatable bonds is 4. The van der Waals surface area contributed by atoms with Crippen molar-refractivity contribution in [2.24, 2.45) is 5.92 Å². The maximum atomic E-state index is 13.8.